The van der Waals surface area contributed by atoms with Gasteiger partial charge in [-0.2, -0.15) is 0 Å². The highest BCUT2D eigenvalue weighted by Crippen LogP contribution is 2.25. The van der Waals surface area contributed by atoms with Crippen molar-refractivity contribution < 1.29 is 9.47 Å². The van der Waals surface area contributed by atoms with Gasteiger partial charge in [-0.25, -0.2) is 4.98 Å². The number of hydrogen-bond donors (Lipinski definition) is 1. The van der Waals surface area contributed by atoms with Crippen LogP contribution < -0.4 is 0 Å². The fraction of sp³-hybridized carbons (Fsp3) is 0.727. The molecule has 1 atom stereocenters. The third-order valence-electron chi connectivity index (χ3n) is 3.26. The fourth-order valence-electron chi connectivity index (χ4n) is 2.35. The number of imidazole rings is 1. The number of hydrogen-bond acceptors (Lipinski definition) is 4. The molecule has 1 fully saturated rings. The average Bonchev–Trinajstić information content (AvgIpc) is 2.80. The Kier molecular flexibility index (Phi) is 2.90. The molecule has 3 rings (SSSR count). The first-order valence-corrected chi connectivity index (χ1v) is 5.87. The summed E-state index contributed by atoms with van der Waals surface area (Å²) in [4.78, 5) is 9.94. The molecular weight excluding hydrogens is 206 g/mol. The Morgan fingerprint density at radius 2 is 2.25 bits per heavy atom. The van der Waals surface area contributed by atoms with E-state index in [2.05, 4.69) is 14.9 Å². The van der Waals surface area contributed by atoms with Crippen LogP contribution in [0.4, 0.5) is 0 Å². The Labute approximate surface area is 94.8 Å². The molecule has 0 radical (unpaired) electrons. The van der Waals surface area contributed by atoms with Gasteiger partial charge in [-0.05, 0) is 0 Å². The predicted octanol–water partition coefficient (Wildman–Crippen LogP) is 0.356. The van der Waals surface area contributed by atoms with Crippen LogP contribution in [-0.4, -0.2) is 54.3 Å². The summed E-state index contributed by atoms with van der Waals surface area (Å²) in [7, 11) is 0. The SMILES string of the molecule is c1nc2c([nH]1)CCOC2CN1CCOCC1. The van der Waals surface area contributed by atoms with Crippen LogP contribution in [0.15, 0.2) is 6.33 Å². The number of aromatic amines is 1. The van der Waals surface area contributed by atoms with Crippen molar-refractivity contribution in [3.63, 3.8) is 0 Å². The van der Waals surface area contributed by atoms with Gasteiger partial charge in [-0.1, -0.05) is 0 Å². The van der Waals surface area contributed by atoms with E-state index in [1.165, 1.54) is 5.69 Å². The van der Waals surface area contributed by atoms with Crippen LogP contribution in [-0.2, 0) is 15.9 Å². The van der Waals surface area contributed by atoms with Gasteiger partial charge in [0.25, 0.3) is 0 Å². The molecule has 1 saturated heterocycles. The van der Waals surface area contributed by atoms with Crippen LogP contribution in [0, 0.1) is 0 Å². The molecule has 1 N–H and O–H groups in total. The van der Waals surface area contributed by atoms with Gasteiger partial charge >= 0.3 is 0 Å². The zero-order chi connectivity index (χ0) is 10.8. The van der Waals surface area contributed by atoms with Crippen LogP contribution in [0.1, 0.15) is 17.5 Å². The summed E-state index contributed by atoms with van der Waals surface area (Å²) in [6.07, 6.45) is 2.86. The van der Waals surface area contributed by atoms with Crippen LogP contribution >= 0.6 is 0 Å². The highest BCUT2D eigenvalue weighted by atomic mass is 16.5. The minimum atomic E-state index is 0.132. The van der Waals surface area contributed by atoms with Gasteiger partial charge in [0, 0.05) is 31.7 Å². The van der Waals surface area contributed by atoms with Gasteiger partial charge in [-0.15, -0.1) is 0 Å². The summed E-state index contributed by atoms with van der Waals surface area (Å²) in [6.45, 7) is 5.39. The monoisotopic (exact) mass is 223 g/mol. The number of ether oxygens (including phenoxy) is 2. The molecule has 2 aliphatic heterocycles. The van der Waals surface area contributed by atoms with E-state index < -0.39 is 0 Å². The second kappa shape index (κ2) is 4.53. The van der Waals surface area contributed by atoms with E-state index in [1.54, 1.807) is 6.33 Å². The summed E-state index contributed by atoms with van der Waals surface area (Å²) < 4.78 is 11.1. The van der Waals surface area contributed by atoms with Crippen molar-refractivity contribution in [1.29, 1.82) is 0 Å². The van der Waals surface area contributed by atoms with Crippen molar-refractivity contribution in [2.75, 3.05) is 39.5 Å². The first-order chi connectivity index (χ1) is 7.93. The second-order valence-electron chi connectivity index (χ2n) is 4.29. The van der Waals surface area contributed by atoms with Crippen molar-refractivity contribution in [2.24, 2.45) is 0 Å². The molecular formula is C11H17N3O2. The highest BCUT2D eigenvalue weighted by molar-refractivity contribution is 5.17. The topological polar surface area (TPSA) is 50.4 Å². The van der Waals surface area contributed by atoms with Gasteiger partial charge in [0.05, 0.1) is 31.8 Å². The minimum absolute atomic E-state index is 0.132. The molecule has 1 aromatic rings. The summed E-state index contributed by atoms with van der Waals surface area (Å²) >= 11 is 0. The lowest BCUT2D eigenvalue weighted by Crippen LogP contribution is -2.40. The van der Waals surface area contributed by atoms with Crippen LogP contribution in [0.2, 0.25) is 0 Å². The first kappa shape index (κ1) is 10.3. The number of rotatable bonds is 2. The van der Waals surface area contributed by atoms with E-state index in [0.717, 1.165) is 51.6 Å². The maximum absolute atomic E-state index is 5.80. The molecule has 16 heavy (non-hydrogen) atoms. The number of nitrogens with one attached hydrogen (secondary N) is 1. The van der Waals surface area contributed by atoms with Crippen molar-refractivity contribution in [3.8, 4) is 0 Å². The van der Waals surface area contributed by atoms with Crippen molar-refractivity contribution >= 4 is 0 Å². The van der Waals surface area contributed by atoms with E-state index >= 15 is 0 Å². The average molecular weight is 223 g/mol. The molecule has 0 aliphatic carbocycles. The molecule has 0 bridgehead atoms. The number of aromatic nitrogens is 2. The molecule has 2 aliphatic rings. The Morgan fingerprint density at radius 1 is 1.38 bits per heavy atom. The molecule has 0 aromatic carbocycles. The predicted molar refractivity (Wildman–Crippen MR) is 58.2 cm³/mol. The maximum Gasteiger partial charge on any atom is 0.114 e. The summed E-state index contributed by atoms with van der Waals surface area (Å²) in [5, 5.41) is 0. The Bertz CT molecular complexity index is 347. The Morgan fingerprint density at radius 3 is 3.12 bits per heavy atom. The molecule has 88 valence electrons. The molecule has 0 amide bonds. The van der Waals surface area contributed by atoms with E-state index in [1.807, 2.05) is 0 Å². The van der Waals surface area contributed by atoms with Gasteiger partial charge < -0.3 is 14.5 Å². The lowest BCUT2D eigenvalue weighted by molar-refractivity contribution is -0.0197. The third kappa shape index (κ3) is 1.98. The number of morpholine rings is 1. The Balaban J connectivity index is 1.67. The highest BCUT2D eigenvalue weighted by Gasteiger charge is 2.26. The molecule has 5 nitrogen and oxygen atoms in total. The minimum Gasteiger partial charge on any atom is -0.379 e. The van der Waals surface area contributed by atoms with Gasteiger partial charge in [-0.3, -0.25) is 4.90 Å². The molecule has 3 heterocycles. The molecule has 1 aromatic heterocycles. The fourth-order valence-corrected chi connectivity index (χ4v) is 2.35. The third-order valence-corrected chi connectivity index (χ3v) is 3.26. The van der Waals surface area contributed by atoms with Gasteiger partial charge in [0.1, 0.15) is 6.10 Å². The Hall–Kier alpha value is -0.910. The summed E-state index contributed by atoms with van der Waals surface area (Å²) in [6, 6.07) is 0. The zero-order valence-corrected chi connectivity index (χ0v) is 9.32. The first-order valence-electron chi connectivity index (χ1n) is 5.87. The van der Waals surface area contributed by atoms with E-state index in [4.69, 9.17) is 9.47 Å². The van der Waals surface area contributed by atoms with Crippen molar-refractivity contribution in [3.05, 3.63) is 17.7 Å². The maximum atomic E-state index is 5.80. The summed E-state index contributed by atoms with van der Waals surface area (Å²) in [5.74, 6) is 0. The lowest BCUT2D eigenvalue weighted by atomic mass is 10.1. The van der Waals surface area contributed by atoms with Crippen molar-refractivity contribution in [2.45, 2.75) is 12.5 Å². The van der Waals surface area contributed by atoms with Gasteiger partial charge in [0.2, 0.25) is 0 Å². The van der Waals surface area contributed by atoms with E-state index in [9.17, 15) is 0 Å². The van der Waals surface area contributed by atoms with Crippen LogP contribution in [0.25, 0.3) is 0 Å². The summed E-state index contributed by atoms with van der Waals surface area (Å²) in [5.41, 5.74) is 2.34. The number of fused-ring (bicyclic) bond motifs is 1. The number of H-pyrrole nitrogens is 1. The van der Waals surface area contributed by atoms with E-state index in [0.29, 0.717) is 0 Å². The van der Waals surface area contributed by atoms with E-state index in [-0.39, 0.29) is 6.10 Å². The normalized spacial score (nSPS) is 26.6. The smallest absolute Gasteiger partial charge is 0.114 e. The van der Waals surface area contributed by atoms with Crippen LogP contribution in [0.5, 0.6) is 0 Å². The largest absolute Gasteiger partial charge is 0.379 e. The lowest BCUT2D eigenvalue weighted by Gasteiger charge is -2.31. The number of nitrogens with zero attached hydrogens (tertiary/aromatic N) is 2. The standard InChI is InChI=1S/C11H17N3O2/c1-4-16-10(11-9(1)12-8-13-11)7-14-2-5-15-6-3-14/h8,10H,1-7H2,(H,12,13). The quantitative estimate of drug-likeness (QED) is 0.786. The second-order valence-corrected chi connectivity index (χ2v) is 4.29. The molecule has 1 unspecified atom stereocenters. The molecule has 0 saturated carbocycles. The van der Waals surface area contributed by atoms with Gasteiger partial charge in [0.15, 0.2) is 0 Å². The zero-order valence-electron chi connectivity index (χ0n) is 9.32. The molecule has 5 heteroatoms. The molecule has 0 spiro atoms. The van der Waals surface area contributed by atoms with Crippen molar-refractivity contribution in [1.82, 2.24) is 14.9 Å². The van der Waals surface area contributed by atoms with Crippen LogP contribution in [0.3, 0.4) is 0 Å².